The Hall–Kier alpha value is -1.62. The van der Waals surface area contributed by atoms with Crippen molar-refractivity contribution >= 4 is 11.6 Å². The van der Waals surface area contributed by atoms with Crippen LogP contribution in [-0.2, 0) is 9.53 Å². The van der Waals surface area contributed by atoms with E-state index in [9.17, 15) is 4.79 Å². The highest BCUT2D eigenvalue weighted by Crippen LogP contribution is 2.21. The minimum Gasteiger partial charge on any atom is -0.494 e. The number of hydrogen-bond donors (Lipinski definition) is 1. The number of pyridine rings is 1. The lowest BCUT2D eigenvalue weighted by atomic mass is 10.3. The Morgan fingerprint density at radius 3 is 3.00 bits per heavy atom. The van der Waals surface area contributed by atoms with E-state index in [1.165, 1.54) is 0 Å². The summed E-state index contributed by atoms with van der Waals surface area (Å²) in [7, 11) is 1.54. The predicted octanol–water partition coefficient (Wildman–Crippen LogP) is 1.84. The maximum atomic E-state index is 11.6. The van der Waals surface area contributed by atoms with Gasteiger partial charge >= 0.3 is 0 Å². The van der Waals surface area contributed by atoms with Crippen molar-refractivity contribution in [3.63, 3.8) is 0 Å². The largest absolute Gasteiger partial charge is 0.494 e. The number of ether oxygens (including phenoxy) is 2. The Morgan fingerprint density at radius 1 is 1.59 bits per heavy atom. The summed E-state index contributed by atoms with van der Waals surface area (Å²) in [6.45, 7) is 3.97. The fourth-order valence-corrected chi connectivity index (χ4v) is 1.18. The first-order chi connectivity index (χ1) is 8.17. The Labute approximate surface area is 101 Å². The number of rotatable bonds is 6. The number of hydrogen-bond acceptors (Lipinski definition) is 4. The molecule has 5 nitrogen and oxygen atoms in total. The highest BCUT2D eigenvalue weighted by atomic mass is 16.5. The molecule has 0 spiro atoms. The Morgan fingerprint density at radius 2 is 2.35 bits per heavy atom. The van der Waals surface area contributed by atoms with Gasteiger partial charge in [0.1, 0.15) is 18.0 Å². The first-order valence-corrected chi connectivity index (χ1v) is 5.56. The van der Waals surface area contributed by atoms with Gasteiger partial charge in [0.25, 0.3) is 5.91 Å². The molecule has 1 N–H and O–H groups in total. The molecule has 5 heteroatoms. The summed E-state index contributed by atoms with van der Waals surface area (Å²) in [5, 5.41) is 2.69. The maximum Gasteiger partial charge on any atom is 0.250 e. The van der Waals surface area contributed by atoms with Crippen molar-refractivity contribution in [2.24, 2.45) is 0 Å². The third-order valence-electron chi connectivity index (χ3n) is 2.35. The van der Waals surface area contributed by atoms with Gasteiger partial charge in [-0.05, 0) is 13.3 Å². The van der Waals surface area contributed by atoms with Gasteiger partial charge in [0.05, 0.1) is 19.4 Å². The lowest BCUT2D eigenvalue weighted by molar-refractivity contribution is -0.122. The van der Waals surface area contributed by atoms with Crippen LogP contribution < -0.4 is 10.1 Å². The minimum absolute atomic E-state index is 0.0348. The normalized spacial score (nSPS) is 11.9. The van der Waals surface area contributed by atoms with Crippen molar-refractivity contribution in [2.75, 3.05) is 19.0 Å². The van der Waals surface area contributed by atoms with E-state index < -0.39 is 0 Å². The summed E-state index contributed by atoms with van der Waals surface area (Å²) in [6.07, 6.45) is 4.10. The molecule has 1 aromatic heterocycles. The summed E-state index contributed by atoms with van der Waals surface area (Å²) in [5.74, 6) is 0.369. The predicted molar refractivity (Wildman–Crippen MR) is 65.1 cm³/mol. The molecule has 0 radical (unpaired) electrons. The summed E-state index contributed by atoms with van der Waals surface area (Å²) in [5.41, 5.74) is 0.549. The second kappa shape index (κ2) is 6.85. The maximum absolute atomic E-state index is 11.6. The van der Waals surface area contributed by atoms with Gasteiger partial charge in [-0.15, -0.1) is 0 Å². The number of anilines is 1. The van der Waals surface area contributed by atoms with E-state index in [2.05, 4.69) is 10.3 Å². The number of methoxy groups -OCH3 is 1. The fourth-order valence-electron chi connectivity index (χ4n) is 1.18. The van der Waals surface area contributed by atoms with Crippen LogP contribution in [0.15, 0.2) is 18.5 Å². The average Bonchev–Trinajstić information content (AvgIpc) is 2.36. The van der Waals surface area contributed by atoms with E-state index in [0.29, 0.717) is 11.4 Å². The van der Waals surface area contributed by atoms with Crippen LogP contribution >= 0.6 is 0 Å². The number of nitrogens with zero attached hydrogens (tertiary/aromatic N) is 1. The summed E-state index contributed by atoms with van der Waals surface area (Å²) < 4.78 is 10.4. The van der Waals surface area contributed by atoms with Crippen LogP contribution in [0.5, 0.6) is 5.75 Å². The molecular weight excluding hydrogens is 220 g/mol. The van der Waals surface area contributed by atoms with E-state index in [1.54, 1.807) is 25.6 Å². The quantitative estimate of drug-likeness (QED) is 0.821. The van der Waals surface area contributed by atoms with Crippen LogP contribution in [0.25, 0.3) is 0 Å². The SMILES string of the molecule is CC[C@@H](C)OCC(=O)Nc1cnccc1OC. The molecule has 1 aromatic rings. The van der Waals surface area contributed by atoms with Gasteiger partial charge in [-0.1, -0.05) is 6.92 Å². The first kappa shape index (κ1) is 13.4. The number of carbonyl (C=O) groups is 1. The van der Waals surface area contributed by atoms with Gasteiger partial charge in [0, 0.05) is 12.3 Å². The number of carbonyl (C=O) groups excluding carboxylic acids is 1. The minimum atomic E-state index is -0.211. The molecule has 0 bridgehead atoms. The lowest BCUT2D eigenvalue weighted by Crippen LogP contribution is -2.21. The molecule has 94 valence electrons. The van der Waals surface area contributed by atoms with E-state index >= 15 is 0 Å². The average molecular weight is 238 g/mol. The zero-order valence-corrected chi connectivity index (χ0v) is 10.4. The molecule has 0 unspecified atom stereocenters. The molecule has 0 aliphatic heterocycles. The van der Waals surface area contributed by atoms with E-state index in [0.717, 1.165) is 6.42 Å². The molecule has 0 saturated carbocycles. The highest BCUT2D eigenvalue weighted by Gasteiger charge is 2.08. The molecule has 0 saturated heterocycles. The lowest BCUT2D eigenvalue weighted by Gasteiger charge is -2.12. The second-order valence-corrected chi connectivity index (χ2v) is 3.65. The van der Waals surface area contributed by atoms with Crippen molar-refractivity contribution < 1.29 is 14.3 Å². The molecule has 1 heterocycles. The molecular formula is C12H18N2O3. The molecule has 1 rings (SSSR count). The van der Waals surface area contributed by atoms with Crippen molar-refractivity contribution in [1.82, 2.24) is 4.98 Å². The third kappa shape index (κ3) is 4.40. The van der Waals surface area contributed by atoms with Crippen molar-refractivity contribution in [3.05, 3.63) is 18.5 Å². The van der Waals surface area contributed by atoms with Crippen LogP contribution in [0.3, 0.4) is 0 Å². The Balaban J connectivity index is 2.50. The van der Waals surface area contributed by atoms with Crippen LogP contribution in [0.4, 0.5) is 5.69 Å². The fraction of sp³-hybridized carbons (Fsp3) is 0.500. The zero-order valence-electron chi connectivity index (χ0n) is 10.4. The van der Waals surface area contributed by atoms with Crippen LogP contribution in [0.1, 0.15) is 20.3 Å². The molecule has 1 amide bonds. The highest BCUT2D eigenvalue weighted by molar-refractivity contribution is 5.92. The third-order valence-corrected chi connectivity index (χ3v) is 2.35. The number of nitrogens with one attached hydrogen (secondary N) is 1. The van der Waals surface area contributed by atoms with Crippen LogP contribution in [0.2, 0.25) is 0 Å². The van der Waals surface area contributed by atoms with Crippen molar-refractivity contribution in [1.29, 1.82) is 0 Å². The van der Waals surface area contributed by atoms with Gasteiger partial charge in [-0.3, -0.25) is 9.78 Å². The molecule has 17 heavy (non-hydrogen) atoms. The molecule has 0 fully saturated rings. The molecule has 0 aromatic carbocycles. The monoisotopic (exact) mass is 238 g/mol. The summed E-state index contributed by atoms with van der Waals surface area (Å²) in [6, 6.07) is 1.69. The molecule has 0 aliphatic rings. The van der Waals surface area contributed by atoms with Gasteiger partial charge in [-0.25, -0.2) is 0 Å². The van der Waals surface area contributed by atoms with Gasteiger partial charge < -0.3 is 14.8 Å². The number of amides is 1. The number of aromatic nitrogens is 1. The summed E-state index contributed by atoms with van der Waals surface area (Å²) in [4.78, 5) is 15.5. The second-order valence-electron chi connectivity index (χ2n) is 3.65. The van der Waals surface area contributed by atoms with E-state index in [-0.39, 0.29) is 18.6 Å². The van der Waals surface area contributed by atoms with E-state index in [1.807, 2.05) is 13.8 Å². The van der Waals surface area contributed by atoms with Crippen LogP contribution in [-0.4, -0.2) is 30.7 Å². The smallest absolute Gasteiger partial charge is 0.250 e. The van der Waals surface area contributed by atoms with E-state index in [4.69, 9.17) is 9.47 Å². The first-order valence-electron chi connectivity index (χ1n) is 5.56. The van der Waals surface area contributed by atoms with Gasteiger partial charge in [-0.2, -0.15) is 0 Å². The van der Waals surface area contributed by atoms with Crippen molar-refractivity contribution in [2.45, 2.75) is 26.4 Å². The van der Waals surface area contributed by atoms with Gasteiger partial charge in [0.2, 0.25) is 0 Å². The molecule has 1 atom stereocenters. The Kier molecular flexibility index (Phi) is 5.42. The summed E-state index contributed by atoms with van der Waals surface area (Å²) >= 11 is 0. The Bertz CT molecular complexity index is 369. The zero-order chi connectivity index (χ0) is 12.7. The molecule has 0 aliphatic carbocycles. The van der Waals surface area contributed by atoms with Crippen molar-refractivity contribution in [3.8, 4) is 5.75 Å². The van der Waals surface area contributed by atoms with Crippen LogP contribution in [0, 0.1) is 0 Å². The standard InChI is InChI=1S/C12H18N2O3/c1-4-9(2)17-8-12(15)14-10-7-13-6-5-11(10)16-3/h5-7,9H,4,8H2,1-3H3,(H,14,15)/t9-/m1/s1. The van der Waals surface area contributed by atoms with Gasteiger partial charge in [0.15, 0.2) is 0 Å². The topological polar surface area (TPSA) is 60.5 Å².